The number of hydrogen-bond acceptors (Lipinski definition) is 4. The average molecular weight is 255 g/mol. The van der Waals surface area contributed by atoms with Crippen molar-refractivity contribution in [1.29, 1.82) is 0 Å². The largest absolute Gasteiger partial charge is 0.464 e. The summed E-state index contributed by atoms with van der Waals surface area (Å²) in [5, 5.41) is 8.55. The second-order valence-electron chi connectivity index (χ2n) is 3.53. The third kappa shape index (κ3) is 3.82. The third-order valence-corrected chi connectivity index (χ3v) is 2.61. The first kappa shape index (κ1) is 13.6. The van der Waals surface area contributed by atoms with Gasteiger partial charge in [-0.05, 0) is 38.5 Å². The molecule has 0 fully saturated rings. The Bertz CT molecular complexity index is 433. The Labute approximate surface area is 106 Å². The zero-order valence-electron chi connectivity index (χ0n) is 10.1. The van der Waals surface area contributed by atoms with Crippen LogP contribution in [0.3, 0.4) is 0 Å². The summed E-state index contributed by atoms with van der Waals surface area (Å²) in [5.74, 6) is -0.379. The van der Waals surface area contributed by atoms with Gasteiger partial charge in [0.05, 0.1) is 12.3 Å². The highest BCUT2D eigenvalue weighted by molar-refractivity contribution is 6.31. The maximum Gasteiger partial charge on any atom is 0.332 e. The van der Waals surface area contributed by atoms with Crippen LogP contribution in [0.5, 0.6) is 0 Å². The molecule has 1 aromatic rings. The maximum atomic E-state index is 11.3. The average Bonchev–Trinajstić information content (AvgIpc) is 2.31. The molecule has 0 N–H and O–H groups in total. The molecule has 0 aromatic heterocycles. The van der Waals surface area contributed by atoms with E-state index in [1.54, 1.807) is 32.0 Å². The summed E-state index contributed by atoms with van der Waals surface area (Å²) in [4.78, 5) is 11.3. The van der Waals surface area contributed by atoms with Gasteiger partial charge in [-0.1, -0.05) is 17.7 Å². The molecule has 4 nitrogen and oxygen atoms in total. The smallest absolute Gasteiger partial charge is 0.332 e. The van der Waals surface area contributed by atoms with Gasteiger partial charge < -0.3 is 4.74 Å². The summed E-state index contributed by atoms with van der Waals surface area (Å²) in [6.45, 7) is 5.59. The van der Waals surface area contributed by atoms with Crippen molar-refractivity contribution < 1.29 is 9.53 Å². The fraction of sp³-hybridized carbons (Fsp3) is 0.417. The van der Waals surface area contributed by atoms with Crippen LogP contribution in [0.25, 0.3) is 0 Å². The molecule has 0 amide bonds. The number of carbonyl (C=O) groups is 1. The van der Waals surface area contributed by atoms with Gasteiger partial charge in [-0.3, -0.25) is 0 Å². The van der Waals surface area contributed by atoms with Crippen molar-refractivity contribution in [3.8, 4) is 0 Å². The first-order valence-electron chi connectivity index (χ1n) is 5.38. The normalized spacial score (nSPS) is 12.7. The molecular weight excluding hydrogens is 240 g/mol. The lowest BCUT2D eigenvalue weighted by atomic mass is 10.2. The molecule has 0 aliphatic rings. The highest BCUT2D eigenvalue weighted by Crippen LogP contribution is 2.25. The van der Waals surface area contributed by atoms with E-state index in [-0.39, 0.29) is 5.97 Å². The van der Waals surface area contributed by atoms with Crippen molar-refractivity contribution in [3.05, 3.63) is 28.8 Å². The monoisotopic (exact) mass is 254 g/mol. The van der Waals surface area contributed by atoms with Gasteiger partial charge in [0, 0.05) is 5.02 Å². The molecule has 17 heavy (non-hydrogen) atoms. The summed E-state index contributed by atoms with van der Waals surface area (Å²) in [7, 11) is 0. The van der Waals surface area contributed by atoms with Crippen molar-refractivity contribution in [3.63, 3.8) is 0 Å². The number of benzene rings is 1. The van der Waals surface area contributed by atoms with Crippen molar-refractivity contribution in [2.75, 3.05) is 6.61 Å². The predicted octanol–water partition coefficient (Wildman–Crippen LogP) is 3.68. The number of hydrogen-bond donors (Lipinski definition) is 0. The molecule has 0 saturated heterocycles. The number of nitrogens with zero attached hydrogens (tertiary/aromatic N) is 2. The fourth-order valence-electron chi connectivity index (χ4n) is 1.16. The van der Waals surface area contributed by atoms with Crippen LogP contribution in [-0.2, 0) is 9.53 Å². The molecule has 0 heterocycles. The highest BCUT2D eigenvalue weighted by Gasteiger charge is 2.12. The molecule has 0 spiro atoms. The van der Waals surface area contributed by atoms with E-state index >= 15 is 0 Å². The van der Waals surface area contributed by atoms with Gasteiger partial charge in [0.15, 0.2) is 6.04 Å². The van der Waals surface area contributed by atoms with E-state index < -0.39 is 6.04 Å². The van der Waals surface area contributed by atoms with Gasteiger partial charge in [0.25, 0.3) is 0 Å². The lowest BCUT2D eigenvalue weighted by Gasteiger charge is -2.05. The van der Waals surface area contributed by atoms with E-state index in [0.29, 0.717) is 17.3 Å². The number of carbonyl (C=O) groups excluding carboxylic acids is 1. The first-order valence-corrected chi connectivity index (χ1v) is 5.76. The SMILES string of the molecule is CCOC(=O)C(C)N=Nc1cccc(Cl)c1C. The van der Waals surface area contributed by atoms with Crippen LogP contribution in [-0.4, -0.2) is 18.6 Å². The van der Waals surface area contributed by atoms with Crippen molar-refractivity contribution in [2.45, 2.75) is 26.8 Å². The van der Waals surface area contributed by atoms with Gasteiger partial charge in [0.1, 0.15) is 0 Å². The van der Waals surface area contributed by atoms with Crippen molar-refractivity contribution in [1.82, 2.24) is 0 Å². The van der Waals surface area contributed by atoms with Crippen LogP contribution in [0.1, 0.15) is 19.4 Å². The second kappa shape index (κ2) is 6.35. The molecule has 5 heteroatoms. The van der Waals surface area contributed by atoms with Gasteiger partial charge in [-0.2, -0.15) is 10.2 Å². The van der Waals surface area contributed by atoms with Crippen LogP contribution in [0.2, 0.25) is 5.02 Å². The molecular formula is C12H15ClN2O2. The Morgan fingerprint density at radius 2 is 2.24 bits per heavy atom. The molecule has 0 bridgehead atoms. The Hall–Kier alpha value is -1.42. The van der Waals surface area contributed by atoms with E-state index in [4.69, 9.17) is 16.3 Å². The van der Waals surface area contributed by atoms with E-state index in [0.717, 1.165) is 5.56 Å². The van der Waals surface area contributed by atoms with Crippen LogP contribution < -0.4 is 0 Å². The molecule has 1 aromatic carbocycles. The van der Waals surface area contributed by atoms with Crippen LogP contribution >= 0.6 is 11.6 Å². The fourth-order valence-corrected chi connectivity index (χ4v) is 1.33. The molecule has 0 radical (unpaired) electrons. The van der Waals surface area contributed by atoms with E-state index in [1.807, 2.05) is 6.92 Å². The topological polar surface area (TPSA) is 51.0 Å². The number of ether oxygens (including phenoxy) is 1. The Kier molecular flexibility index (Phi) is 5.10. The first-order chi connectivity index (χ1) is 8.06. The van der Waals surface area contributed by atoms with Crippen LogP contribution in [0, 0.1) is 6.92 Å². The minimum atomic E-state index is -0.603. The highest BCUT2D eigenvalue weighted by atomic mass is 35.5. The van der Waals surface area contributed by atoms with E-state index in [9.17, 15) is 4.79 Å². The Balaban J connectivity index is 2.77. The minimum absolute atomic E-state index is 0.342. The standard InChI is InChI=1S/C12H15ClN2O2/c1-4-17-12(16)9(3)14-15-11-7-5-6-10(13)8(11)2/h5-7,9H,4H2,1-3H3. The Morgan fingerprint density at radius 3 is 2.88 bits per heavy atom. The summed E-state index contributed by atoms with van der Waals surface area (Å²) < 4.78 is 4.83. The molecule has 1 rings (SSSR count). The Morgan fingerprint density at radius 1 is 1.53 bits per heavy atom. The molecule has 92 valence electrons. The van der Waals surface area contributed by atoms with E-state index in [1.165, 1.54) is 0 Å². The lowest BCUT2D eigenvalue weighted by Crippen LogP contribution is -2.17. The summed E-state index contributed by atoms with van der Waals surface area (Å²) in [5.41, 5.74) is 1.50. The number of halogens is 1. The quantitative estimate of drug-likeness (QED) is 0.608. The van der Waals surface area contributed by atoms with Crippen molar-refractivity contribution in [2.24, 2.45) is 10.2 Å². The summed E-state index contributed by atoms with van der Waals surface area (Å²) in [6, 6.07) is 4.76. The number of rotatable bonds is 4. The maximum absolute atomic E-state index is 11.3. The molecule has 1 unspecified atom stereocenters. The molecule has 1 atom stereocenters. The third-order valence-electron chi connectivity index (χ3n) is 2.21. The van der Waals surface area contributed by atoms with Gasteiger partial charge in [-0.15, -0.1) is 0 Å². The molecule has 0 aliphatic carbocycles. The zero-order chi connectivity index (χ0) is 12.8. The van der Waals surface area contributed by atoms with Crippen LogP contribution in [0.4, 0.5) is 5.69 Å². The molecule has 0 aliphatic heterocycles. The second-order valence-corrected chi connectivity index (χ2v) is 3.93. The summed E-state index contributed by atoms with van der Waals surface area (Å²) in [6.07, 6.45) is 0. The summed E-state index contributed by atoms with van der Waals surface area (Å²) >= 11 is 5.95. The van der Waals surface area contributed by atoms with E-state index in [2.05, 4.69) is 10.2 Å². The van der Waals surface area contributed by atoms with Gasteiger partial charge in [-0.25, -0.2) is 4.79 Å². The van der Waals surface area contributed by atoms with Gasteiger partial charge >= 0.3 is 5.97 Å². The molecule has 0 saturated carbocycles. The number of esters is 1. The van der Waals surface area contributed by atoms with Gasteiger partial charge in [0.2, 0.25) is 0 Å². The minimum Gasteiger partial charge on any atom is -0.464 e. The number of azo groups is 1. The van der Waals surface area contributed by atoms with Crippen LogP contribution in [0.15, 0.2) is 28.4 Å². The van der Waals surface area contributed by atoms with Crippen molar-refractivity contribution >= 4 is 23.3 Å². The zero-order valence-corrected chi connectivity index (χ0v) is 10.9. The predicted molar refractivity (Wildman–Crippen MR) is 66.8 cm³/mol. The lowest BCUT2D eigenvalue weighted by molar-refractivity contribution is -0.144.